The molecule has 0 unspecified atom stereocenters. The maximum Gasteiger partial charge on any atom is 0.282 e. The van der Waals surface area contributed by atoms with Gasteiger partial charge in [-0.2, -0.15) is 10.2 Å². The van der Waals surface area contributed by atoms with E-state index in [0.29, 0.717) is 11.3 Å². The third kappa shape index (κ3) is 4.38. The molecule has 0 fully saturated rings. The summed E-state index contributed by atoms with van der Waals surface area (Å²) in [5, 5.41) is 29.3. The fourth-order valence-electron chi connectivity index (χ4n) is 2.02. The molecular weight excluding hydrogens is 344 g/mol. The van der Waals surface area contributed by atoms with Crippen LogP contribution in [0.1, 0.15) is 11.1 Å². The average molecular weight is 358 g/mol. The summed E-state index contributed by atoms with van der Waals surface area (Å²) in [5.74, 6) is 0.546. The van der Waals surface area contributed by atoms with Crippen molar-refractivity contribution in [3.05, 3.63) is 67.8 Å². The van der Waals surface area contributed by atoms with Gasteiger partial charge in [-0.3, -0.25) is 20.2 Å². The molecule has 0 aliphatic heterocycles. The van der Waals surface area contributed by atoms with Crippen LogP contribution >= 0.6 is 0 Å². The minimum atomic E-state index is -0.566. The molecule has 0 amide bonds. The molecule has 0 atom stereocenters. The maximum atomic E-state index is 11.2. The number of nitro groups is 2. The van der Waals surface area contributed by atoms with Crippen molar-refractivity contribution < 1.29 is 19.3 Å². The predicted molar refractivity (Wildman–Crippen MR) is 94.5 cm³/mol. The third-order valence-electron chi connectivity index (χ3n) is 3.30. The quantitative estimate of drug-likeness (QED) is 0.425. The van der Waals surface area contributed by atoms with Gasteiger partial charge in [-0.1, -0.05) is 0 Å². The van der Waals surface area contributed by atoms with E-state index in [-0.39, 0.29) is 22.7 Å². The monoisotopic (exact) mass is 358 g/mol. The Morgan fingerprint density at radius 3 is 2.00 bits per heavy atom. The molecule has 0 heterocycles. The highest BCUT2D eigenvalue weighted by Gasteiger charge is 2.18. The Bertz CT molecular complexity index is 877. The summed E-state index contributed by atoms with van der Waals surface area (Å²) in [5.41, 5.74) is 0.534. The molecule has 10 nitrogen and oxygen atoms in total. The van der Waals surface area contributed by atoms with Crippen LogP contribution < -0.4 is 9.47 Å². The van der Waals surface area contributed by atoms with Crippen LogP contribution in [0.2, 0.25) is 0 Å². The molecule has 0 spiro atoms. The number of benzene rings is 2. The Labute approximate surface area is 147 Å². The summed E-state index contributed by atoms with van der Waals surface area (Å²) in [6.45, 7) is 0. The number of hydrogen-bond donors (Lipinski definition) is 0. The molecule has 0 radical (unpaired) electrons. The van der Waals surface area contributed by atoms with Gasteiger partial charge in [0.05, 0.1) is 48.1 Å². The lowest BCUT2D eigenvalue weighted by Crippen LogP contribution is -1.98. The number of non-ortho nitro benzene ring substituents is 1. The number of hydrogen-bond acceptors (Lipinski definition) is 8. The number of ether oxygens (including phenoxy) is 2. The molecule has 0 saturated carbocycles. The van der Waals surface area contributed by atoms with E-state index in [1.807, 2.05) is 0 Å². The fraction of sp³-hybridized carbons (Fsp3) is 0.125. The van der Waals surface area contributed by atoms with Gasteiger partial charge in [0, 0.05) is 12.1 Å². The van der Waals surface area contributed by atoms with E-state index < -0.39 is 9.85 Å². The molecule has 2 aromatic carbocycles. The molecule has 0 saturated heterocycles. The van der Waals surface area contributed by atoms with E-state index in [2.05, 4.69) is 10.2 Å². The van der Waals surface area contributed by atoms with Crippen molar-refractivity contribution in [2.24, 2.45) is 10.2 Å². The first kappa shape index (κ1) is 18.5. The molecule has 10 heteroatoms. The second-order valence-electron chi connectivity index (χ2n) is 4.86. The largest absolute Gasteiger partial charge is 0.493 e. The van der Waals surface area contributed by atoms with Crippen molar-refractivity contribution in [2.45, 2.75) is 0 Å². The first-order valence-electron chi connectivity index (χ1n) is 7.17. The summed E-state index contributed by atoms with van der Waals surface area (Å²) in [6.07, 6.45) is 2.58. The Balaban J connectivity index is 2.23. The van der Waals surface area contributed by atoms with Crippen LogP contribution in [0, 0.1) is 20.2 Å². The molecule has 0 aliphatic rings. The molecule has 2 rings (SSSR count). The van der Waals surface area contributed by atoms with E-state index in [1.165, 1.54) is 63.0 Å². The van der Waals surface area contributed by atoms with Crippen molar-refractivity contribution in [3.8, 4) is 11.5 Å². The zero-order valence-corrected chi connectivity index (χ0v) is 13.9. The molecule has 2 aromatic rings. The Hall–Kier alpha value is -3.82. The molecule has 0 bridgehead atoms. The summed E-state index contributed by atoms with van der Waals surface area (Å²) < 4.78 is 10.2. The average Bonchev–Trinajstić information content (AvgIpc) is 2.64. The summed E-state index contributed by atoms with van der Waals surface area (Å²) >= 11 is 0. The van der Waals surface area contributed by atoms with Gasteiger partial charge in [-0.15, -0.1) is 0 Å². The summed E-state index contributed by atoms with van der Waals surface area (Å²) in [4.78, 5) is 20.7. The zero-order chi connectivity index (χ0) is 19.1. The SMILES string of the molecule is COc1cc(/C=N/N=C/c2ccc([N+](=O)[O-])cc2)c([N+](=O)[O-])cc1OC. The second kappa shape index (κ2) is 8.33. The minimum absolute atomic E-state index is 0.0356. The van der Waals surface area contributed by atoms with Gasteiger partial charge in [0.2, 0.25) is 0 Å². The van der Waals surface area contributed by atoms with Crippen molar-refractivity contribution in [3.63, 3.8) is 0 Å². The zero-order valence-electron chi connectivity index (χ0n) is 13.9. The van der Waals surface area contributed by atoms with E-state index in [4.69, 9.17) is 9.47 Å². The number of nitrogens with zero attached hydrogens (tertiary/aromatic N) is 4. The highest BCUT2D eigenvalue weighted by molar-refractivity contribution is 5.88. The van der Waals surface area contributed by atoms with Crippen molar-refractivity contribution in [1.29, 1.82) is 0 Å². The molecule has 0 N–H and O–H groups in total. The van der Waals surface area contributed by atoms with Crippen LogP contribution in [-0.2, 0) is 0 Å². The van der Waals surface area contributed by atoms with Crippen LogP contribution in [-0.4, -0.2) is 36.5 Å². The van der Waals surface area contributed by atoms with Crippen LogP contribution in [0.25, 0.3) is 0 Å². The first-order chi connectivity index (χ1) is 12.5. The van der Waals surface area contributed by atoms with Crippen LogP contribution in [0.5, 0.6) is 11.5 Å². The number of nitro benzene ring substituents is 2. The number of methoxy groups -OCH3 is 2. The van der Waals surface area contributed by atoms with Gasteiger partial charge in [0.15, 0.2) is 11.5 Å². The maximum absolute atomic E-state index is 11.2. The molecule has 134 valence electrons. The topological polar surface area (TPSA) is 129 Å². The van der Waals surface area contributed by atoms with Crippen molar-refractivity contribution >= 4 is 23.8 Å². The van der Waals surface area contributed by atoms with Gasteiger partial charge < -0.3 is 9.47 Å². The summed E-state index contributed by atoms with van der Waals surface area (Å²) in [6, 6.07) is 8.35. The fourth-order valence-corrected chi connectivity index (χ4v) is 2.02. The van der Waals surface area contributed by atoms with E-state index in [0.717, 1.165) is 0 Å². The summed E-state index contributed by atoms with van der Waals surface area (Å²) in [7, 11) is 2.79. The van der Waals surface area contributed by atoms with Crippen molar-refractivity contribution in [2.75, 3.05) is 14.2 Å². The van der Waals surface area contributed by atoms with Crippen LogP contribution in [0.15, 0.2) is 46.6 Å². The standard InChI is InChI=1S/C16H14N4O6/c1-25-15-7-12(14(20(23)24)8-16(15)26-2)10-18-17-9-11-3-5-13(6-4-11)19(21)22/h3-10H,1-2H3/b17-9+,18-10+. The highest BCUT2D eigenvalue weighted by Crippen LogP contribution is 2.33. The highest BCUT2D eigenvalue weighted by atomic mass is 16.6. The van der Waals surface area contributed by atoms with Gasteiger partial charge in [0.1, 0.15) is 0 Å². The third-order valence-corrected chi connectivity index (χ3v) is 3.30. The van der Waals surface area contributed by atoms with E-state index in [9.17, 15) is 20.2 Å². The second-order valence-corrected chi connectivity index (χ2v) is 4.86. The van der Waals surface area contributed by atoms with E-state index >= 15 is 0 Å². The van der Waals surface area contributed by atoms with Crippen LogP contribution in [0.4, 0.5) is 11.4 Å². The lowest BCUT2D eigenvalue weighted by molar-refractivity contribution is -0.385. The smallest absolute Gasteiger partial charge is 0.282 e. The number of rotatable bonds is 7. The van der Waals surface area contributed by atoms with Crippen molar-refractivity contribution in [1.82, 2.24) is 0 Å². The predicted octanol–water partition coefficient (Wildman–Crippen LogP) is 2.97. The van der Waals surface area contributed by atoms with Gasteiger partial charge >= 0.3 is 0 Å². The molecular formula is C16H14N4O6. The normalized spacial score (nSPS) is 11.0. The van der Waals surface area contributed by atoms with Gasteiger partial charge in [0.25, 0.3) is 11.4 Å². The first-order valence-corrected chi connectivity index (χ1v) is 7.17. The van der Waals surface area contributed by atoms with Gasteiger partial charge in [-0.05, 0) is 23.8 Å². The Morgan fingerprint density at radius 1 is 0.885 bits per heavy atom. The molecule has 0 aliphatic carbocycles. The Kier molecular flexibility index (Phi) is 5.93. The molecule has 0 aromatic heterocycles. The lowest BCUT2D eigenvalue weighted by atomic mass is 10.1. The minimum Gasteiger partial charge on any atom is -0.493 e. The van der Waals surface area contributed by atoms with E-state index in [1.54, 1.807) is 0 Å². The van der Waals surface area contributed by atoms with Gasteiger partial charge in [-0.25, -0.2) is 0 Å². The molecule has 26 heavy (non-hydrogen) atoms. The van der Waals surface area contributed by atoms with Crippen LogP contribution in [0.3, 0.4) is 0 Å². The lowest BCUT2D eigenvalue weighted by Gasteiger charge is -2.08. The Morgan fingerprint density at radius 2 is 1.46 bits per heavy atom.